The predicted molar refractivity (Wildman–Crippen MR) is 112 cm³/mol. The summed E-state index contributed by atoms with van der Waals surface area (Å²) in [6.07, 6.45) is 11.3. The van der Waals surface area contributed by atoms with E-state index >= 15 is 0 Å². The van der Waals surface area contributed by atoms with E-state index in [0.29, 0.717) is 6.54 Å². The number of hydrogen-bond acceptors (Lipinski definition) is 5. The summed E-state index contributed by atoms with van der Waals surface area (Å²) in [7, 11) is 7.50. The standard InChI is InChI=1S/C8H13N3O.C7H11N3.C5H8N2/c1-7-4-9-11(5-7)6-8(12)10(2)3;1-9-4-5-10-3-2-8-7(10)6-9;1-5-3-6-7(2)4-5/h4-5H,6H2,1-3H3;2-3H,4-6H2,1H3;3-4H,1-2H3. The van der Waals surface area contributed by atoms with Crippen LogP contribution in [0.1, 0.15) is 17.0 Å². The fourth-order valence-electron chi connectivity index (χ4n) is 2.67. The van der Waals surface area contributed by atoms with E-state index in [-0.39, 0.29) is 5.91 Å². The zero-order valence-corrected chi connectivity index (χ0v) is 18.3. The molecule has 3 aromatic rings. The Hall–Kier alpha value is -2.94. The smallest absolute Gasteiger partial charge is 0.243 e. The first kappa shape index (κ1) is 22.4. The quantitative estimate of drug-likeness (QED) is 0.649. The predicted octanol–water partition coefficient (Wildman–Crippen LogP) is 1.34. The highest BCUT2D eigenvalue weighted by molar-refractivity contribution is 5.75. The van der Waals surface area contributed by atoms with Gasteiger partial charge in [-0.3, -0.25) is 19.1 Å². The molecule has 0 spiro atoms. The molecule has 0 bridgehead atoms. The first-order valence-electron chi connectivity index (χ1n) is 9.57. The van der Waals surface area contributed by atoms with Gasteiger partial charge in [-0.2, -0.15) is 10.2 Å². The third-order valence-electron chi connectivity index (χ3n) is 4.33. The minimum absolute atomic E-state index is 0.0538. The van der Waals surface area contributed by atoms with E-state index < -0.39 is 0 Å². The number of aryl methyl sites for hydroxylation is 3. The van der Waals surface area contributed by atoms with Crippen molar-refractivity contribution in [2.45, 2.75) is 33.5 Å². The Morgan fingerprint density at radius 3 is 2.28 bits per heavy atom. The van der Waals surface area contributed by atoms with Crippen LogP contribution in [0.25, 0.3) is 0 Å². The van der Waals surface area contributed by atoms with Gasteiger partial charge in [-0.05, 0) is 32.0 Å². The van der Waals surface area contributed by atoms with E-state index in [1.54, 1.807) is 34.6 Å². The molecule has 1 aliphatic rings. The van der Waals surface area contributed by atoms with Crippen molar-refractivity contribution in [3.8, 4) is 0 Å². The molecule has 158 valence electrons. The first-order valence-corrected chi connectivity index (χ1v) is 9.57. The van der Waals surface area contributed by atoms with Crippen LogP contribution in [0, 0.1) is 13.8 Å². The van der Waals surface area contributed by atoms with Gasteiger partial charge in [0.2, 0.25) is 5.91 Å². The van der Waals surface area contributed by atoms with Crippen molar-refractivity contribution >= 4 is 5.91 Å². The molecule has 3 aromatic heterocycles. The molecule has 0 aromatic carbocycles. The number of rotatable bonds is 2. The van der Waals surface area contributed by atoms with Gasteiger partial charge in [-0.25, -0.2) is 4.98 Å². The van der Waals surface area contributed by atoms with Gasteiger partial charge in [0.15, 0.2) is 0 Å². The highest BCUT2D eigenvalue weighted by Gasteiger charge is 2.11. The number of nitrogens with zero attached hydrogens (tertiary/aromatic N) is 8. The monoisotopic (exact) mass is 400 g/mol. The Labute approximate surface area is 172 Å². The minimum Gasteiger partial charge on any atom is -0.347 e. The lowest BCUT2D eigenvalue weighted by atomic mass is 10.4. The lowest BCUT2D eigenvalue weighted by Gasteiger charge is -2.22. The average Bonchev–Trinajstić information content (AvgIpc) is 3.37. The van der Waals surface area contributed by atoms with E-state index in [2.05, 4.69) is 31.7 Å². The zero-order valence-electron chi connectivity index (χ0n) is 18.3. The van der Waals surface area contributed by atoms with Gasteiger partial charge in [-0.1, -0.05) is 0 Å². The zero-order chi connectivity index (χ0) is 21.4. The molecule has 1 amide bonds. The van der Waals surface area contributed by atoms with Crippen LogP contribution in [0.3, 0.4) is 0 Å². The van der Waals surface area contributed by atoms with Crippen molar-refractivity contribution in [3.63, 3.8) is 0 Å². The molecule has 9 nitrogen and oxygen atoms in total. The highest BCUT2D eigenvalue weighted by atomic mass is 16.2. The Kier molecular flexibility index (Phi) is 8.14. The Balaban J connectivity index is 0.000000160. The first-order chi connectivity index (χ1) is 13.7. The van der Waals surface area contributed by atoms with Crippen LogP contribution in [0.4, 0.5) is 0 Å². The van der Waals surface area contributed by atoms with Crippen molar-refractivity contribution in [1.82, 2.24) is 38.9 Å². The molecule has 4 rings (SSSR count). The summed E-state index contributed by atoms with van der Waals surface area (Å²) in [4.78, 5) is 19.2. The van der Waals surface area contributed by atoms with Crippen LogP contribution in [-0.4, -0.2) is 72.5 Å². The summed E-state index contributed by atoms with van der Waals surface area (Å²) in [5, 5.41) is 7.94. The van der Waals surface area contributed by atoms with Gasteiger partial charge in [0, 0.05) is 59.0 Å². The van der Waals surface area contributed by atoms with Crippen molar-refractivity contribution in [2.24, 2.45) is 7.05 Å². The van der Waals surface area contributed by atoms with E-state index in [4.69, 9.17) is 0 Å². The van der Waals surface area contributed by atoms with Crippen LogP contribution in [-0.2, 0) is 31.5 Å². The second-order valence-electron chi connectivity index (χ2n) is 7.47. The molecule has 4 heterocycles. The van der Waals surface area contributed by atoms with Crippen molar-refractivity contribution in [2.75, 3.05) is 27.7 Å². The summed E-state index contributed by atoms with van der Waals surface area (Å²) in [5.41, 5.74) is 2.28. The molecule has 0 unspecified atom stereocenters. The molecular weight excluding hydrogens is 368 g/mol. The number of hydrogen-bond donors (Lipinski definition) is 0. The lowest BCUT2D eigenvalue weighted by molar-refractivity contribution is -0.129. The molecule has 0 N–H and O–H groups in total. The van der Waals surface area contributed by atoms with Crippen LogP contribution >= 0.6 is 0 Å². The molecule has 29 heavy (non-hydrogen) atoms. The maximum atomic E-state index is 11.2. The van der Waals surface area contributed by atoms with Crippen LogP contribution < -0.4 is 0 Å². The molecule has 0 atom stereocenters. The largest absolute Gasteiger partial charge is 0.347 e. The number of imidazole rings is 1. The van der Waals surface area contributed by atoms with Gasteiger partial charge in [-0.15, -0.1) is 0 Å². The number of amides is 1. The maximum Gasteiger partial charge on any atom is 0.243 e. The van der Waals surface area contributed by atoms with E-state index in [1.807, 2.05) is 51.9 Å². The summed E-state index contributed by atoms with van der Waals surface area (Å²) < 4.78 is 5.63. The second-order valence-corrected chi connectivity index (χ2v) is 7.47. The summed E-state index contributed by atoms with van der Waals surface area (Å²) in [5.74, 6) is 1.24. The normalized spacial score (nSPS) is 12.9. The summed E-state index contributed by atoms with van der Waals surface area (Å²) >= 11 is 0. The van der Waals surface area contributed by atoms with Crippen molar-refractivity contribution < 1.29 is 4.79 Å². The Bertz CT molecular complexity index is 875. The molecule has 0 fully saturated rings. The molecule has 0 radical (unpaired) electrons. The van der Waals surface area contributed by atoms with Crippen LogP contribution in [0.5, 0.6) is 0 Å². The number of aromatic nitrogens is 6. The SMILES string of the molecule is CN1CCn2ccnc2C1.Cc1cnn(C)c1.Cc1cnn(CC(=O)N(C)C)c1. The fraction of sp³-hybridized carbons (Fsp3) is 0.500. The Morgan fingerprint density at radius 2 is 1.76 bits per heavy atom. The van der Waals surface area contributed by atoms with Crippen molar-refractivity contribution in [1.29, 1.82) is 0 Å². The van der Waals surface area contributed by atoms with Crippen molar-refractivity contribution in [3.05, 3.63) is 54.1 Å². The third-order valence-corrected chi connectivity index (χ3v) is 4.33. The number of likely N-dealkylation sites (N-methyl/N-ethyl adjacent to an activating group) is 2. The van der Waals surface area contributed by atoms with Gasteiger partial charge >= 0.3 is 0 Å². The van der Waals surface area contributed by atoms with Crippen LogP contribution in [0.15, 0.2) is 37.2 Å². The number of carbonyl (C=O) groups is 1. The lowest BCUT2D eigenvalue weighted by Crippen LogP contribution is -2.30. The maximum absolute atomic E-state index is 11.2. The topological polar surface area (TPSA) is 77.0 Å². The van der Waals surface area contributed by atoms with Gasteiger partial charge in [0.25, 0.3) is 0 Å². The summed E-state index contributed by atoms with van der Waals surface area (Å²) in [6.45, 7) is 7.51. The fourth-order valence-corrected chi connectivity index (χ4v) is 2.67. The third kappa shape index (κ3) is 7.53. The Morgan fingerprint density at radius 1 is 1.07 bits per heavy atom. The highest BCUT2D eigenvalue weighted by Crippen LogP contribution is 2.06. The molecule has 0 aliphatic carbocycles. The van der Waals surface area contributed by atoms with Gasteiger partial charge in [0.05, 0.1) is 18.9 Å². The number of carbonyl (C=O) groups excluding carboxylic acids is 1. The molecule has 0 saturated carbocycles. The molecular formula is C20H32N8O. The number of fused-ring (bicyclic) bond motifs is 1. The van der Waals surface area contributed by atoms with E-state index in [0.717, 1.165) is 25.2 Å². The molecule has 0 saturated heterocycles. The molecule has 1 aliphatic heterocycles. The average molecular weight is 401 g/mol. The van der Waals surface area contributed by atoms with Gasteiger partial charge < -0.3 is 9.47 Å². The minimum atomic E-state index is 0.0538. The molecule has 9 heteroatoms. The van der Waals surface area contributed by atoms with E-state index in [1.165, 1.54) is 11.4 Å². The summed E-state index contributed by atoms with van der Waals surface area (Å²) in [6, 6.07) is 0. The second kappa shape index (κ2) is 10.6. The van der Waals surface area contributed by atoms with Gasteiger partial charge in [0.1, 0.15) is 12.4 Å². The van der Waals surface area contributed by atoms with E-state index in [9.17, 15) is 4.79 Å². The van der Waals surface area contributed by atoms with Crippen LogP contribution in [0.2, 0.25) is 0 Å².